The molecule has 0 aliphatic heterocycles. The summed E-state index contributed by atoms with van der Waals surface area (Å²) < 4.78 is 4.61. The summed E-state index contributed by atoms with van der Waals surface area (Å²) in [5, 5.41) is 7.07. The topological polar surface area (TPSA) is 67.9 Å². The van der Waals surface area contributed by atoms with Gasteiger partial charge >= 0.3 is 5.97 Å². The van der Waals surface area contributed by atoms with E-state index in [-0.39, 0.29) is 0 Å². The summed E-state index contributed by atoms with van der Waals surface area (Å²) in [5.74, 6) is 0.793. The number of halogens is 1. The van der Waals surface area contributed by atoms with Crippen molar-refractivity contribution in [2.45, 2.75) is 6.92 Å². The van der Waals surface area contributed by atoms with Gasteiger partial charge in [-0.3, -0.25) is 5.10 Å². The fourth-order valence-corrected chi connectivity index (χ4v) is 1.66. The fraction of sp³-hybridized carbons (Fsp3) is 0.182. The quantitative estimate of drug-likeness (QED) is 0.831. The van der Waals surface area contributed by atoms with Crippen LogP contribution in [0.1, 0.15) is 16.2 Å². The smallest absolute Gasteiger partial charge is 0.339 e. The van der Waals surface area contributed by atoms with Crippen LogP contribution in [0.25, 0.3) is 11.4 Å². The molecule has 0 saturated heterocycles. The second kappa shape index (κ2) is 4.55. The number of carbonyl (C=O) groups excluding carboxylic acids is 1. The number of H-pyrrole nitrogens is 1. The average molecular weight is 252 g/mol. The Hall–Kier alpha value is -1.88. The average Bonchev–Trinajstić information content (AvgIpc) is 2.75. The molecule has 88 valence electrons. The van der Waals surface area contributed by atoms with Gasteiger partial charge in [-0.05, 0) is 19.1 Å². The summed E-state index contributed by atoms with van der Waals surface area (Å²) in [6, 6.07) is 4.95. The predicted octanol–water partition coefficient (Wildman–Crippen LogP) is 2.22. The Labute approximate surface area is 103 Å². The monoisotopic (exact) mass is 251 g/mol. The first-order valence-electron chi connectivity index (χ1n) is 4.89. The van der Waals surface area contributed by atoms with Crippen LogP contribution in [-0.4, -0.2) is 28.3 Å². The number of carbonyl (C=O) groups is 1. The van der Waals surface area contributed by atoms with Gasteiger partial charge < -0.3 is 4.74 Å². The minimum Gasteiger partial charge on any atom is -0.465 e. The third-order valence-corrected chi connectivity index (χ3v) is 2.54. The molecule has 0 bridgehead atoms. The number of esters is 1. The molecular formula is C11H10ClN3O2. The van der Waals surface area contributed by atoms with Crippen LogP contribution in [0.3, 0.4) is 0 Å². The van der Waals surface area contributed by atoms with E-state index in [1.165, 1.54) is 7.11 Å². The highest BCUT2D eigenvalue weighted by atomic mass is 35.5. The number of nitrogens with one attached hydrogen (secondary N) is 1. The molecule has 2 aromatic rings. The molecule has 1 N–H and O–H groups in total. The van der Waals surface area contributed by atoms with Crippen molar-refractivity contribution in [3.8, 4) is 11.4 Å². The van der Waals surface area contributed by atoms with Gasteiger partial charge in [-0.1, -0.05) is 17.7 Å². The maximum atomic E-state index is 11.3. The van der Waals surface area contributed by atoms with Crippen molar-refractivity contribution in [3.63, 3.8) is 0 Å². The Bertz CT molecular complexity index is 566. The Morgan fingerprint density at radius 1 is 1.47 bits per heavy atom. The van der Waals surface area contributed by atoms with Crippen LogP contribution in [0.5, 0.6) is 0 Å². The van der Waals surface area contributed by atoms with Crippen LogP contribution in [0.2, 0.25) is 5.02 Å². The van der Waals surface area contributed by atoms with Gasteiger partial charge in [0, 0.05) is 5.56 Å². The van der Waals surface area contributed by atoms with E-state index in [4.69, 9.17) is 11.6 Å². The maximum absolute atomic E-state index is 11.3. The third-order valence-electron chi connectivity index (χ3n) is 2.23. The number of aromatic amines is 1. The number of benzene rings is 1. The Balaban J connectivity index is 2.40. The van der Waals surface area contributed by atoms with Crippen molar-refractivity contribution >= 4 is 17.6 Å². The van der Waals surface area contributed by atoms with E-state index in [0.29, 0.717) is 22.2 Å². The van der Waals surface area contributed by atoms with Crippen LogP contribution in [0.15, 0.2) is 18.2 Å². The van der Waals surface area contributed by atoms with E-state index in [9.17, 15) is 4.79 Å². The van der Waals surface area contributed by atoms with E-state index in [1.807, 2.05) is 0 Å². The van der Waals surface area contributed by atoms with Crippen LogP contribution in [0.4, 0.5) is 0 Å². The molecule has 0 radical (unpaired) electrons. The predicted molar refractivity (Wildman–Crippen MR) is 62.9 cm³/mol. The molecule has 6 heteroatoms. The first-order chi connectivity index (χ1) is 8.11. The van der Waals surface area contributed by atoms with Gasteiger partial charge in [0.2, 0.25) is 0 Å². The molecule has 1 aromatic heterocycles. The highest BCUT2D eigenvalue weighted by Crippen LogP contribution is 2.23. The van der Waals surface area contributed by atoms with Crippen molar-refractivity contribution < 1.29 is 9.53 Å². The van der Waals surface area contributed by atoms with E-state index < -0.39 is 5.97 Å². The molecule has 0 atom stereocenters. The Kier molecular flexibility index (Phi) is 3.10. The third kappa shape index (κ3) is 2.29. The van der Waals surface area contributed by atoms with Crippen molar-refractivity contribution in [2.75, 3.05) is 7.11 Å². The van der Waals surface area contributed by atoms with E-state index in [0.717, 1.165) is 5.56 Å². The summed E-state index contributed by atoms with van der Waals surface area (Å²) in [7, 11) is 1.31. The number of ether oxygens (including phenoxy) is 1. The number of hydrogen-bond donors (Lipinski definition) is 1. The molecule has 5 nitrogen and oxygen atoms in total. The van der Waals surface area contributed by atoms with Crippen LogP contribution in [-0.2, 0) is 4.74 Å². The lowest BCUT2D eigenvalue weighted by Crippen LogP contribution is -2.01. The van der Waals surface area contributed by atoms with Gasteiger partial charge in [0.15, 0.2) is 5.82 Å². The van der Waals surface area contributed by atoms with Crippen LogP contribution < -0.4 is 0 Å². The minimum absolute atomic E-state index is 0.316. The summed E-state index contributed by atoms with van der Waals surface area (Å²) in [6.07, 6.45) is 0. The van der Waals surface area contributed by atoms with Crippen LogP contribution >= 0.6 is 11.6 Å². The summed E-state index contributed by atoms with van der Waals surface area (Å²) in [4.78, 5) is 15.5. The van der Waals surface area contributed by atoms with E-state index in [1.54, 1.807) is 25.1 Å². The Morgan fingerprint density at radius 3 is 2.76 bits per heavy atom. The van der Waals surface area contributed by atoms with Gasteiger partial charge in [0.25, 0.3) is 0 Å². The van der Waals surface area contributed by atoms with Crippen molar-refractivity contribution in [3.05, 3.63) is 34.6 Å². The zero-order chi connectivity index (χ0) is 12.4. The van der Waals surface area contributed by atoms with Gasteiger partial charge in [-0.25, -0.2) is 9.78 Å². The molecule has 0 aliphatic carbocycles. The number of methoxy groups -OCH3 is 1. The number of rotatable bonds is 2. The second-order valence-electron chi connectivity index (χ2n) is 3.43. The molecule has 0 amide bonds. The molecule has 0 saturated carbocycles. The first kappa shape index (κ1) is 11.6. The van der Waals surface area contributed by atoms with Gasteiger partial charge in [-0.15, -0.1) is 0 Å². The second-order valence-corrected chi connectivity index (χ2v) is 3.84. The molecule has 0 spiro atoms. The highest BCUT2D eigenvalue weighted by Gasteiger charge is 2.12. The molecule has 1 heterocycles. The standard InChI is InChI=1S/C11H10ClN3O2/c1-6-13-10(15-14-6)7-3-4-8(9(12)5-7)11(16)17-2/h3-5H,1-2H3,(H,13,14,15). The molecule has 1 aromatic carbocycles. The minimum atomic E-state index is -0.465. The fourth-order valence-electron chi connectivity index (χ4n) is 1.40. The van der Waals surface area contributed by atoms with Crippen molar-refractivity contribution in [1.29, 1.82) is 0 Å². The van der Waals surface area contributed by atoms with Gasteiger partial charge in [-0.2, -0.15) is 5.10 Å². The summed E-state index contributed by atoms with van der Waals surface area (Å²) in [6.45, 7) is 1.81. The van der Waals surface area contributed by atoms with Crippen LogP contribution in [0, 0.1) is 6.92 Å². The largest absolute Gasteiger partial charge is 0.465 e. The Morgan fingerprint density at radius 2 is 2.24 bits per heavy atom. The lowest BCUT2D eigenvalue weighted by atomic mass is 10.1. The molecule has 2 rings (SSSR count). The maximum Gasteiger partial charge on any atom is 0.339 e. The summed E-state index contributed by atoms with van der Waals surface area (Å²) in [5.41, 5.74) is 1.07. The van der Waals surface area contributed by atoms with E-state index in [2.05, 4.69) is 19.9 Å². The molecule has 0 fully saturated rings. The molecule has 0 aliphatic rings. The lowest BCUT2D eigenvalue weighted by Gasteiger charge is -2.03. The molecule has 17 heavy (non-hydrogen) atoms. The summed E-state index contributed by atoms with van der Waals surface area (Å²) >= 11 is 5.99. The van der Waals surface area contributed by atoms with Crippen molar-refractivity contribution in [2.24, 2.45) is 0 Å². The molecular weight excluding hydrogens is 242 g/mol. The number of hydrogen-bond acceptors (Lipinski definition) is 4. The molecule has 0 unspecified atom stereocenters. The normalized spacial score (nSPS) is 10.3. The van der Waals surface area contributed by atoms with Gasteiger partial charge in [0.1, 0.15) is 5.82 Å². The zero-order valence-electron chi connectivity index (χ0n) is 9.32. The number of nitrogens with zero attached hydrogens (tertiary/aromatic N) is 2. The highest BCUT2D eigenvalue weighted by molar-refractivity contribution is 6.33. The SMILES string of the molecule is COC(=O)c1ccc(-c2n[nH]c(C)n2)cc1Cl. The number of aryl methyl sites for hydroxylation is 1. The zero-order valence-corrected chi connectivity index (χ0v) is 10.1. The van der Waals surface area contributed by atoms with Gasteiger partial charge in [0.05, 0.1) is 17.7 Å². The number of aromatic nitrogens is 3. The lowest BCUT2D eigenvalue weighted by molar-refractivity contribution is 0.0601. The van der Waals surface area contributed by atoms with E-state index >= 15 is 0 Å². The first-order valence-corrected chi connectivity index (χ1v) is 5.27. The van der Waals surface area contributed by atoms with Crippen molar-refractivity contribution in [1.82, 2.24) is 15.2 Å².